The third kappa shape index (κ3) is 6.60. The number of ether oxygens (including phenoxy) is 1. The highest BCUT2D eigenvalue weighted by Crippen LogP contribution is 2.33. The number of nitrogens with one attached hydrogen (secondary N) is 1. The van der Waals surface area contributed by atoms with Crippen molar-refractivity contribution in [2.45, 2.75) is 26.8 Å². The van der Waals surface area contributed by atoms with E-state index < -0.39 is 5.91 Å². The Morgan fingerprint density at radius 1 is 1.07 bits per heavy atom. The Hall–Kier alpha value is -4.99. The van der Waals surface area contributed by atoms with Crippen molar-refractivity contribution in [3.63, 3.8) is 0 Å². The molecule has 0 atom stereocenters. The number of carbonyl (C=O) groups excluding carboxylic acids is 2. The first-order valence-electron chi connectivity index (χ1n) is 13.3. The van der Waals surface area contributed by atoms with E-state index >= 15 is 0 Å². The van der Waals surface area contributed by atoms with Crippen LogP contribution in [0.1, 0.15) is 45.9 Å². The lowest BCUT2D eigenvalue weighted by Gasteiger charge is -2.13. The average Bonchev–Trinajstić information content (AvgIpc) is 3.60. The van der Waals surface area contributed by atoms with Crippen molar-refractivity contribution >= 4 is 22.8 Å². The van der Waals surface area contributed by atoms with E-state index in [1.165, 1.54) is 18.5 Å². The molecular weight excluding hydrogens is 525 g/mol. The van der Waals surface area contributed by atoms with Crippen molar-refractivity contribution < 1.29 is 23.1 Å². The van der Waals surface area contributed by atoms with Gasteiger partial charge in [0, 0.05) is 23.9 Å². The number of hydrogen-bond acceptors (Lipinski definition) is 6. The van der Waals surface area contributed by atoms with Crippen LogP contribution < -0.4 is 15.8 Å². The van der Waals surface area contributed by atoms with Crippen LogP contribution in [0, 0.1) is 11.7 Å². The maximum Gasteiger partial charge on any atom is 0.252 e. The Morgan fingerprint density at radius 3 is 2.59 bits per heavy atom. The molecule has 0 saturated heterocycles. The normalized spacial score (nSPS) is 11.2. The minimum atomic E-state index is -0.628. The van der Waals surface area contributed by atoms with Gasteiger partial charge in [0.05, 0.1) is 12.1 Å². The summed E-state index contributed by atoms with van der Waals surface area (Å²) >= 11 is 0. The summed E-state index contributed by atoms with van der Waals surface area (Å²) in [6.07, 6.45) is 3.33. The first-order chi connectivity index (χ1) is 19.8. The van der Waals surface area contributed by atoms with Crippen LogP contribution in [0.4, 0.5) is 4.39 Å². The highest BCUT2D eigenvalue weighted by molar-refractivity contribution is 6.07. The van der Waals surface area contributed by atoms with Gasteiger partial charge >= 0.3 is 0 Å². The first kappa shape index (κ1) is 27.6. The van der Waals surface area contributed by atoms with Crippen LogP contribution in [0.15, 0.2) is 77.7 Å². The summed E-state index contributed by atoms with van der Waals surface area (Å²) in [5, 5.41) is 7.58. The summed E-state index contributed by atoms with van der Waals surface area (Å²) in [5.41, 5.74) is 9.23. The number of amides is 2. The zero-order valence-corrected chi connectivity index (χ0v) is 22.8. The number of rotatable bonds is 11. The Kier molecular flexibility index (Phi) is 8.09. The van der Waals surface area contributed by atoms with E-state index in [0.717, 1.165) is 16.7 Å². The molecule has 2 heterocycles. The molecule has 0 saturated carbocycles. The van der Waals surface area contributed by atoms with Gasteiger partial charge in [0.2, 0.25) is 0 Å². The second kappa shape index (κ2) is 12.0. The number of primary amides is 1. The number of carbonyl (C=O) groups is 2. The lowest BCUT2D eigenvalue weighted by Crippen LogP contribution is -2.27. The summed E-state index contributed by atoms with van der Waals surface area (Å²) in [4.78, 5) is 29.5. The molecule has 0 spiro atoms. The highest BCUT2D eigenvalue weighted by Gasteiger charge is 2.20. The van der Waals surface area contributed by atoms with Crippen LogP contribution in [0.3, 0.4) is 0 Å². The topological polar surface area (TPSA) is 125 Å². The van der Waals surface area contributed by atoms with Gasteiger partial charge in [-0.05, 0) is 65.1 Å². The number of aromatic nitrogens is 3. The van der Waals surface area contributed by atoms with E-state index in [2.05, 4.69) is 15.4 Å². The van der Waals surface area contributed by atoms with Crippen LogP contribution in [0.2, 0.25) is 0 Å². The van der Waals surface area contributed by atoms with Crippen LogP contribution in [-0.4, -0.2) is 39.7 Å². The molecule has 0 aliphatic heterocycles. The first-order valence-corrected chi connectivity index (χ1v) is 13.3. The predicted octanol–water partition coefficient (Wildman–Crippen LogP) is 4.98. The standard InChI is InChI=1S/C31H30FN5O4/c1-19(2)16-35-31(39)23-12-22(13-25(14-23)40-10-9-37-18-34-17-36-37)21-5-8-27-26(15-21)29(30(33)38)28(41-27)11-20-3-6-24(32)7-4-20/h3-8,12-15,17-19H,9-11,16H2,1-2H3,(H2,33,38)(H,35,39). The Bertz CT molecular complexity index is 1680. The van der Waals surface area contributed by atoms with Gasteiger partial charge in [-0.25, -0.2) is 14.1 Å². The van der Waals surface area contributed by atoms with Gasteiger partial charge < -0.3 is 20.2 Å². The number of nitrogens with two attached hydrogens (primary N) is 1. The Labute approximate surface area is 236 Å². The fourth-order valence-electron chi connectivity index (χ4n) is 4.49. The van der Waals surface area contributed by atoms with Crippen LogP contribution in [-0.2, 0) is 13.0 Å². The summed E-state index contributed by atoms with van der Waals surface area (Å²) in [6, 6.07) is 16.7. The van der Waals surface area contributed by atoms with Crippen molar-refractivity contribution in [1.29, 1.82) is 0 Å². The molecule has 3 N–H and O–H groups in total. The van der Waals surface area contributed by atoms with E-state index in [9.17, 15) is 14.0 Å². The molecular formula is C31H30FN5O4. The molecule has 5 aromatic rings. The third-order valence-corrected chi connectivity index (χ3v) is 6.51. The molecule has 0 fully saturated rings. The number of benzene rings is 3. The van der Waals surface area contributed by atoms with E-state index in [-0.39, 0.29) is 23.7 Å². The quantitative estimate of drug-likeness (QED) is 0.237. The molecule has 41 heavy (non-hydrogen) atoms. The number of nitrogens with zero attached hydrogens (tertiary/aromatic N) is 3. The fraction of sp³-hybridized carbons (Fsp3) is 0.226. The largest absolute Gasteiger partial charge is 0.492 e. The number of fused-ring (bicyclic) bond motifs is 1. The van der Waals surface area contributed by atoms with E-state index in [0.29, 0.717) is 53.7 Å². The molecule has 0 aliphatic rings. The monoisotopic (exact) mass is 555 g/mol. The van der Waals surface area contributed by atoms with Gasteiger partial charge in [-0.2, -0.15) is 5.10 Å². The molecule has 2 amide bonds. The summed E-state index contributed by atoms with van der Waals surface area (Å²) in [5.74, 6) is 0.00899. The number of furan rings is 1. The highest BCUT2D eigenvalue weighted by atomic mass is 19.1. The lowest BCUT2D eigenvalue weighted by atomic mass is 9.98. The molecule has 210 valence electrons. The van der Waals surface area contributed by atoms with Gasteiger partial charge in [-0.1, -0.05) is 32.0 Å². The SMILES string of the molecule is CC(C)CNC(=O)c1cc(OCCn2cncn2)cc(-c2ccc3oc(Cc4ccc(F)cc4)c(C(N)=O)c3c2)c1. The summed E-state index contributed by atoms with van der Waals surface area (Å²) < 4.78 is 27.1. The van der Waals surface area contributed by atoms with Crippen LogP contribution in [0.5, 0.6) is 5.75 Å². The van der Waals surface area contributed by atoms with Gasteiger partial charge in [0.25, 0.3) is 11.8 Å². The molecule has 0 aliphatic carbocycles. The van der Waals surface area contributed by atoms with Crippen LogP contribution >= 0.6 is 0 Å². The molecule has 5 rings (SSSR count). The molecule has 0 unspecified atom stereocenters. The number of halogens is 1. The number of hydrogen-bond donors (Lipinski definition) is 2. The zero-order chi connectivity index (χ0) is 28.9. The van der Waals surface area contributed by atoms with Gasteiger partial charge in [0.1, 0.15) is 42.2 Å². The van der Waals surface area contributed by atoms with Crippen molar-refractivity contribution in [2.24, 2.45) is 11.7 Å². The average molecular weight is 556 g/mol. The van der Waals surface area contributed by atoms with E-state index in [1.807, 2.05) is 32.0 Å². The summed E-state index contributed by atoms with van der Waals surface area (Å²) in [6.45, 7) is 5.38. The fourth-order valence-corrected chi connectivity index (χ4v) is 4.49. The molecule has 10 heteroatoms. The minimum absolute atomic E-state index is 0.217. The molecule has 0 radical (unpaired) electrons. The molecule has 9 nitrogen and oxygen atoms in total. The Balaban J connectivity index is 1.50. The lowest BCUT2D eigenvalue weighted by molar-refractivity contribution is 0.0947. The summed E-state index contributed by atoms with van der Waals surface area (Å²) in [7, 11) is 0. The van der Waals surface area contributed by atoms with Gasteiger partial charge in [0.15, 0.2) is 0 Å². The maximum absolute atomic E-state index is 13.4. The van der Waals surface area contributed by atoms with Crippen molar-refractivity contribution in [3.8, 4) is 16.9 Å². The second-order valence-electron chi connectivity index (χ2n) is 10.1. The third-order valence-electron chi connectivity index (χ3n) is 6.51. The predicted molar refractivity (Wildman–Crippen MR) is 152 cm³/mol. The molecule has 3 aromatic carbocycles. The van der Waals surface area contributed by atoms with Gasteiger partial charge in [-0.15, -0.1) is 0 Å². The smallest absolute Gasteiger partial charge is 0.252 e. The van der Waals surface area contributed by atoms with Crippen molar-refractivity contribution in [2.75, 3.05) is 13.2 Å². The van der Waals surface area contributed by atoms with E-state index in [1.54, 1.807) is 41.3 Å². The Morgan fingerprint density at radius 2 is 1.88 bits per heavy atom. The zero-order valence-electron chi connectivity index (χ0n) is 22.8. The van der Waals surface area contributed by atoms with Crippen molar-refractivity contribution in [3.05, 3.63) is 102 Å². The minimum Gasteiger partial charge on any atom is -0.492 e. The molecule has 0 bridgehead atoms. The maximum atomic E-state index is 13.4. The van der Waals surface area contributed by atoms with Crippen molar-refractivity contribution in [1.82, 2.24) is 20.1 Å². The second-order valence-corrected chi connectivity index (χ2v) is 10.1. The molecule has 2 aromatic heterocycles. The van der Waals surface area contributed by atoms with E-state index in [4.69, 9.17) is 14.9 Å². The van der Waals surface area contributed by atoms with Gasteiger partial charge in [-0.3, -0.25) is 9.59 Å². The van der Waals surface area contributed by atoms with Crippen LogP contribution in [0.25, 0.3) is 22.1 Å².